The molecule has 0 bridgehead atoms. The van der Waals surface area contributed by atoms with E-state index in [1.165, 1.54) is 22.3 Å². The molecule has 0 N–H and O–H groups in total. The Morgan fingerprint density at radius 2 is 1.11 bits per heavy atom. The second-order valence-electron chi connectivity index (χ2n) is 9.91. The van der Waals surface area contributed by atoms with Gasteiger partial charge in [-0.15, -0.1) is 0 Å². The van der Waals surface area contributed by atoms with Gasteiger partial charge in [0.15, 0.2) is 0 Å². The summed E-state index contributed by atoms with van der Waals surface area (Å²) >= 11 is 10.9. The third kappa shape index (κ3) is 2.82. The quantitative estimate of drug-likeness (QED) is 0.190. The number of benzene rings is 6. The molecule has 0 saturated heterocycles. The van der Waals surface area contributed by atoms with E-state index in [4.69, 9.17) is 16.3 Å². The van der Waals surface area contributed by atoms with Gasteiger partial charge in [0, 0.05) is 26.2 Å². The smallest absolute Gasteiger partial charge is 0.132 e. The summed E-state index contributed by atoms with van der Waals surface area (Å²) in [5.74, 6) is 1.71. The van der Waals surface area contributed by atoms with Crippen LogP contribution in [0.5, 0.6) is 11.5 Å². The minimum atomic E-state index is -0.513. The molecule has 0 saturated carbocycles. The van der Waals surface area contributed by atoms with E-state index in [0.717, 1.165) is 49.0 Å². The summed E-state index contributed by atoms with van der Waals surface area (Å²) in [6.07, 6.45) is 0. The first-order chi connectivity index (χ1) is 18.7. The Balaban J connectivity index is 1.48. The Morgan fingerprint density at radius 1 is 0.500 bits per heavy atom. The average Bonchev–Trinajstić information content (AvgIpc) is 3.25. The molecular formula is C35H20BrClO. The second-order valence-corrected chi connectivity index (χ2v) is 11.2. The molecule has 1 nitrogen and oxygen atoms in total. The van der Waals surface area contributed by atoms with Crippen LogP contribution in [0, 0.1) is 0 Å². The summed E-state index contributed by atoms with van der Waals surface area (Å²) in [7, 11) is 0. The normalized spacial score (nSPS) is 13.9. The fraction of sp³-hybridized carbons (Fsp3) is 0.0286. The maximum Gasteiger partial charge on any atom is 0.132 e. The Hall–Kier alpha value is -3.85. The van der Waals surface area contributed by atoms with E-state index in [-0.39, 0.29) is 0 Å². The van der Waals surface area contributed by atoms with Gasteiger partial charge >= 0.3 is 0 Å². The van der Waals surface area contributed by atoms with Gasteiger partial charge in [0.05, 0.1) is 5.41 Å². The van der Waals surface area contributed by atoms with Crippen LogP contribution in [0.3, 0.4) is 0 Å². The van der Waals surface area contributed by atoms with E-state index in [1.54, 1.807) is 0 Å². The highest BCUT2D eigenvalue weighted by Crippen LogP contribution is 2.62. The lowest BCUT2D eigenvalue weighted by Gasteiger charge is -2.39. The molecule has 180 valence electrons. The van der Waals surface area contributed by atoms with E-state index >= 15 is 0 Å². The van der Waals surface area contributed by atoms with Gasteiger partial charge in [-0.1, -0.05) is 125 Å². The summed E-state index contributed by atoms with van der Waals surface area (Å²) in [5, 5.41) is 3.01. The van der Waals surface area contributed by atoms with Crippen LogP contribution in [0.4, 0.5) is 0 Å². The average molecular weight is 572 g/mol. The molecule has 0 unspecified atom stereocenters. The standard InChI is InChI=1S/C35H20BrClO/c36-31-18-17-22(21-9-1-2-12-25(21)31)26-19-34-30(20-32(26)37)35(29-15-7-8-16-33(29)38-34)27-13-5-3-10-23(27)24-11-4-6-14-28(24)35/h1-20H. The van der Waals surface area contributed by atoms with Crippen molar-refractivity contribution < 1.29 is 4.74 Å². The molecule has 1 aliphatic carbocycles. The molecule has 1 heterocycles. The van der Waals surface area contributed by atoms with Crippen LogP contribution in [0.15, 0.2) is 126 Å². The molecule has 1 spiro atoms. The van der Waals surface area contributed by atoms with Gasteiger partial charge in [-0.05, 0) is 62.9 Å². The van der Waals surface area contributed by atoms with Crippen molar-refractivity contribution in [2.75, 3.05) is 0 Å². The van der Waals surface area contributed by atoms with Crippen LogP contribution in [0.25, 0.3) is 33.0 Å². The second kappa shape index (κ2) is 8.07. The lowest BCUT2D eigenvalue weighted by molar-refractivity contribution is 0.436. The van der Waals surface area contributed by atoms with Crippen molar-refractivity contribution in [3.8, 4) is 33.8 Å². The minimum Gasteiger partial charge on any atom is -0.457 e. The van der Waals surface area contributed by atoms with Crippen molar-refractivity contribution >= 4 is 38.3 Å². The number of para-hydroxylation sites is 1. The first kappa shape index (κ1) is 22.2. The molecule has 0 amide bonds. The van der Waals surface area contributed by atoms with Crippen LogP contribution >= 0.6 is 27.5 Å². The third-order valence-corrected chi connectivity index (χ3v) is 9.10. The highest BCUT2D eigenvalue weighted by atomic mass is 79.9. The van der Waals surface area contributed by atoms with Gasteiger partial charge in [-0.2, -0.15) is 0 Å². The van der Waals surface area contributed by atoms with Gasteiger partial charge in [0.2, 0.25) is 0 Å². The topological polar surface area (TPSA) is 9.23 Å². The van der Waals surface area contributed by atoms with Crippen LogP contribution in [-0.4, -0.2) is 0 Å². The molecule has 8 rings (SSSR count). The van der Waals surface area contributed by atoms with Crippen molar-refractivity contribution in [2.24, 2.45) is 0 Å². The Kier molecular flexibility index (Phi) is 4.71. The summed E-state index contributed by atoms with van der Waals surface area (Å²) in [5.41, 5.74) is 8.78. The molecule has 0 fully saturated rings. The number of halogens is 2. The van der Waals surface area contributed by atoms with Gasteiger partial charge in [-0.3, -0.25) is 0 Å². The number of rotatable bonds is 1. The molecule has 38 heavy (non-hydrogen) atoms. The van der Waals surface area contributed by atoms with Crippen molar-refractivity contribution in [1.82, 2.24) is 0 Å². The van der Waals surface area contributed by atoms with Crippen molar-refractivity contribution in [1.29, 1.82) is 0 Å². The number of hydrogen-bond acceptors (Lipinski definition) is 1. The summed E-state index contributed by atoms with van der Waals surface area (Å²) < 4.78 is 7.74. The van der Waals surface area contributed by atoms with Crippen LogP contribution in [0.1, 0.15) is 22.3 Å². The van der Waals surface area contributed by atoms with E-state index in [0.29, 0.717) is 5.02 Å². The molecule has 6 aromatic rings. The predicted octanol–water partition coefficient (Wildman–Crippen LogP) is 10.4. The maximum atomic E-state index is 7.21. The van der Waals surface area contributed by atoms with Crippen molar-refractivity contribution in [3.63, 3.8) is 0 Å². The van der Waals surface area contributed by atoms with E-state index in [1.807, 2.05) is 6.07 Å². The largest absolute Gasteiger partial charge is 0.457 e. The number of ether oxygens (including phenoxy) is 1. The Morgan fingerprint density at radius 3 is 1.84 bits per heavy atom. The molecule has 3 heteroatoms. The van der Waals surface area contributed by atoms with Crippen molar-refractivity contribution in [3.05, 3.63) is 153 Å². The van der Waals surface area contributed by atoms with Gasteiger partial charge in [-0.25, -0.2) is 0 Å². The molecule has 1 aliphatic heterocycles. The van der Waals surface area contributed by atoms with Gasteiger partial charge < -0.3 is 4.74 Å². The van der Waals surface area contributed by atoms with Gasteiger partial charge in [0.25, 0.3) is 0 Å². The zero-order chi connectivity index (χ0) is 25.4. The molecular weight excluding hydrogens is 552 g/mol. The lowest BCUT2D eigenvalue weighted by atomic mass is 9.66. The van der Waals surface area contributed by atoms with Gasteiger partial charge in [0.1, 0.15) is 11.5 Å². The summed E-state index contributed by atoms with van der Waals surface area (Å²) in [6.45, 7) is 0. The summed E-state index contributed by atoms with van der Waals surface area (Å²) in [4.78, 5) is 0. The number of hydrogen-bond donors (Lipinski definition) is 0. The van der Waals surface area contributed by atoms with E-state index in [9.17, 15) is 0 Å². The van der Waals surface area contributed by atoms with Crippen LogP contribution < -0.4 is 4.74 Å². The number of fused-ring (bicyclic) bond motifs is 10. The first-order valence-corrected chi connectivity index (χ1v) is 13.8. The van der Waals surface area contributed by atoms with E-state index in [2.05, 4.69) is 131 Å². The fourth-order valence-electron chi connectivity index (χ4n) is 6.58. The Bertz CT molecular complexity index is 1890. The zero-order valence-corrected chi connectivity index (χ0v) is 22.6. The minimum absolute atomic E-state index is 0.513. The summed E-state index contributed by atoms with van der Waals surface area (Å²) in [6, 6.07) is 42.8. The fourth-order valence-corrected chi connectivity index (χ4v) is 7.32. The zero-order valence-electron chi connectivity index (χ0n) is 20.2. The first-order valence-electron chi connectivity index (χ1n) is 12.7. The predicted molar refractivity (Wildman–Crippen MR) is 159 cm³/mol. The monoisotopic (exact) mass is 570 g/mol. The highest BCUT2D eigenvalue weighted by molar-refractivity contribution is 9.10. The molecule has 0 radical (unpaired) electrons. The van der Waals surface area contributed by atoms with E-state index < -0.39 is 5.41 Å². The molecule has 0 atom stereocenters. The molecule has 2 aliphatic rings. The van der Waals surface area contributed by atoms with Crippen LogP contribution in [-0.2, 0) is 5.41 Å². The maximum absolute atomic E-state index is 7.21. The molecule has 6 aromatic carbocycles. The van der Waals surface area contributed by atoms with Crippen molar-refractivity contribution in [2.45, 2.75) is 5.41 Å². The van der Waals surface area contributed by atoms with Crippen LogP contribution in [0.2, 0.25) is 5.02 Å². The molecule has 0 aromatic heterocycles. The highest BCUT2D eigenvalue weighted by Gasteiger charge is 2.51. The third-order valence-electron chi connectivity index (χ3n) is 8.10. The Labute approximate surface area is 234 Å². The lowest BCUT2D eigenvalue weighted by Crippen LogP contribution is -2.32. The SMILES string of the molecule is Clc1cc2c(cc1-c1ccc(Br)c3ccccc13)Oc1ccccc1C21c2ccccc2-c2ccccc21.